The molecule has 0 aromatic heterocycles. The number of nitro groups is 1. The number of non-ortho nitro benzene ring substituents is 1. The van der Waals surface area contributed by atoms with Crippen LogP contribution in [0.2, 0.25) is 0 Å². The van der Waals surface area contributed by atoms with E-state index < -0.39 is 0 Å². The van der Waals surface area contributed by atoms with E-state index in [2.05, 4.69) is 15.9 Å². The highest BCUT2D eigenvalue weighted by molar-refractivity contribution is 9.09. The first-order chi connectivity index (χ1) is 9.12. The molecule has 0 aliphatic heterocycles. The molecule has 0 bridgehead atoms. The molecule has 5 heteroatoms. The Morgan fingerprint density at radius 3 is 2.42 bits per heavy atom. The van der Waals surface area contributed by atoms with Crippen LogP contribution < -0.4 is 4.74 Å². The van der Waals surface area contributed by atoms with Crippen molar-refractivity contribution in [2.24, 2.45) is 5.41 Å². The molecule has 3 rings (SSSR count). The van der Waals surface area contributed by atoms with Crippen LogP contribution in [-0.2, 0) is 0 Å². The summed E-state index contributed by atoms with van der Waals surface area (Å²) in [6.07, 6.45) is 6.28. The Labute approximate surface area is 120 Å². The lowest BCUT2D eigenvalue weighted by Crippen LogP contribution is -2.55. The van der Waals surface area contributed by atoms with Crippen molar-refractivity contribution in [2.75, 3.05) is 0 Å². The number of alkyl halides is 1. The summed E-state index contributed by atoms with van der Waals surface area (Å²) in [6, 6.07) is 6.40. The molecular weight excluding hydrogens is 310 g/mol. The van der Waals surface area contributed by atoms with Crippen LogP contribution in [0, 0.1) is 15.5 Å². The monoisotopic (exact) mass is 325 g/mol. The predicted octanol–water partition coefficient (Wildman–Crippen LogP) is 4.07. The van der Waals surface area contributed by atoms with Crippen LogP contribution in [0.4, 0.5) is 5.69 Å². The van der Waals surface area contributed by atoms with E-state index in [9.17, 15) is 10.1 Å². The lowest BCUT2D eigenvalue weighted by molar-refractivity contribution is -0.384. The fourth-order valence-corrected chi connectivity index (χ4v) is 4.44. The number of benzene rings is 1. The number of halogens is 1. The van der Waals surface area contributed by atoms with E-state index in [0.29, 0.717) is 10.2 Å². The molecular formula is C14H16BrNO3. The quantitative estimate of drug-likeness (QED) is 0.478. The first kappa shape index (κ1) is 12.9. The summed E-state index contributed by atoms with van der Waals surface area (Å²) < 4.78 is 6.04. The fraction of sp³-hybridized carbons (Fsp3) is 0.571. The second kappa shape index (κ2) is 4.78. The van der Waals surface area contributed by atoms with Gasteiger partial charge in [0.25, 0.3) is 5.69 Å². The van der Waals surface area contributed by atoms with Crippen molar-refractivity contribution in [3.63, 3.8) is 0 Å². The third-order valence-corrected chi connectivity index (χ3v) is 5.83. The zero-order valence-corrected chi connectivity index (χ0v) is 12.1. The summed E-state index contributed by atoms with van der Waals surface area (Å²) >= 11 is 3.76. The summed E-state index contributed by atoms with van der Waals surface area (Å²) in [5, 5.41) is 10.6. The summed E-state index contributed by atoms with van der Waals surface area (Å²) in [5.41, 5.74) is 0.400. The minimum absolute atomic E-state index is 0.106. The summed E-state index contributed by atoms with van der Waals surface area (Å²) in [6.45, 7) is 0. The zero-order chi connectivity index (χ0) is 13.5. The van der Waals surface area contributed by atoms with Gasteiger partial charge in [0.2, 0.25) is 0 Å². The summed E-state index contributed by atoms with van der Waals surface area (Å²) in [4.78, 5) is 10.8. The molecule has 2 atom stereocenters. The van der Waals surface area contributed by atoms with Crippen molar-refractivity contribution in [2.45, 2.75) is 43.0 Å². The van der Waals surface area contributed by atoms with Gasteiger partial charge in [-0.3, -0.25) is 10.1 Å². The molecule has 2 unspecified atom stereocenters. The molecule has 2 saturated carbocycles. The number of rotatable bonds is 3. The fourth-order valence-electron chi connectivity index (χ4n) is 3.34. The molecule has 4 nitrogen and oxygen atoms in total. The van der Waals surface area contributed by atoms with Crippen LogP contribution in [0.1, 0.15) is 32.1 Å². The Bertz CT molecular complexity index is 482. The molecule has 0 N–H and O–H groups in total. The molecule has 1 aromatic carbocycles. The zero-order valence-electron chi connectivity index (χ0n) is 10.5. The Balaban J connectivity index is 1.70. The van der Waals surface area contributed by atoms with Crippen molar-refractivity contribution in [1.82, 2.24) is 0 Å². The van der Waals surface area contributed by atoms with Crippen molar-refractivity contribution >= 4 is 21.6 Å². The van der Waals surface area contributed by atoms with E-state index in [1.54, 1.807) is 12.1 Å². The average molecular weight is 326 g/mol. The molecule has 0 amide bonds. The van der Waals surface area contributed by atoms with Crippen LogP contribution in [0.5, 0.6) is 5.75 Å². The maximum absolute atomic E-state index is 10.6. The largest absolute Gasteiger partial charge is 0.490 e. The number of hydrogen-bond acceptors (Lipinski definition) is 3. The Hall–Kier alpha value is -1.10. The standard InChI is InChI=1S/C14H16BrNO3/c15-12-9-13(14(12)7-1-2-8-14)19-11-5-3-10(4-6-11)16(17)18/h3-6,12-13H,1-2,7-9H2. The average Bonchev–Trinajstić information content (AvgIpc) is 2.91. The lowest BCUT2D eigenvalue weighted by atomic mass is 9.64. The van der Waals surface area contributed by atoms with Crippen LogP contribution in [0.15, 0.2) is 24.3 Å². The Kier molecular flexibility index (Phi) is 3.25. The highest BCUT2D eigenvalue weighted by Crippen LogP contribution is 2.57. The number of ether oxygens (including phenoxy) is 1. The van der Waals surface area contributed by atoms with Gasteiger partial charge in [0.15, 0.2) is 0 Å². The van der Waals surface area contributed by atoms with Crippen LogP contribution >= 0.6 is 15.9 Å². The molecule has 0 radical (unpaired) electrons. The molecule has 2 fully saturated rings. The predicted molar refractivity (Wildman–Crippen MR) is 75.7 cm³/mol. The van der Waals surface area contributed by atoms with Crippen LogP contribution in [0.3, 0.4) is 0 Å². The maximum atomic E-state index is 10.6. The smallest absolute Gasteiger partial charge is 0.269 e. The van der Waals surface area contributed by atoms with E-state index in [1.807, 2.05) is 0 Å². The summed E-state index contributed by atoms with van der Waals surface area (Å²) in [7, 11) is 0. The molecule has 2 aliphatic rings. The molecule has 0 heterocycles. The van der Waals surface area contributed by atoms with Gasteiger partial charge >= 0.3 is 0 Å². The van der Waals surface area contributed by atoms with Crippen LogP contribution in [0.25, 0.3) is 0 Å². The van der Waals surface area contributed by atoms with Crippen molar-refractivity contribution in [3.8, 4) is 5.75 Å². The number of nitro benzene ring substituents is 1. The Morgan fingerprint density at radius 2 is 1.89 bits per heavy atom. The van der Waals surface area contributed by atoms with Gasteiger partial charge in [-0.1, -0.05) is 28.8 Å². The highest BCUT2D eigenvalue weighted by atomic mass is 79.9. The maximum Gasteiger partial charge on any atom is 0.269 e. The van der Waals surface area contributed by atoms with E-state index in [4.69, 9.17) is 4.74 Å². The van der Waals surface area contributed by atoms with Crippen molar-refractivity contribution in [3.05, 3.63) is 34.4 Å². The normalized spacial score (nSPS) is 28.1. The van der Waals surface area contributed by atoms with Crippen LogP contribution in [-0.4, -0.2) is 15.9 Å². The van der Waals surface area contributed by atoms with Gasteiger partial charge in [-0.05, 0) is 31.4 Å². The van der Waals surface area contributed by atoms with Crippen molar-refractivity contribution in [1.29, 1.82) is 0 Å². The molecule has 19 heavy (non-hydrogen) atoms. The SMILES string of the molecule is O=[N+]([O-])c1ccc(OC2CC(Br)C23CCCC3)cc1. The third-order valence-electron chi connectivity index (χ3n) is 4.55. The van der Waals surface area contributed by atoms with E-state index in [0.717, 1.165) is 12.2 Å². The van der Waals surface area contributed by atoms with E-state index in [1.165, 1.54) is 37.8 Å². The number of hydrogen-bond donors (Lipinski definition) is 0. The molecule has 2 aliphatic carbocycles. The molecule has 102 valence electrons. The topological polar surface area (TPSA) is 52.4 Å². The third kappa shape index (κ3) is 2.14. The highest BCUT2D eigenvalue weighted by Gasteiger charge is 2.56. The number of nitrogens with zero attached hydrogens (tertiary/aromatic N) is 1. The van der Waals surface area contributed by atoms with Gasteiger partial charge in [0.05, 0.1) is 4.92 Å². The van der Waals surface area contributed by atoms with Gasteiger partial charge in [-0.2, -0.15) is 0 Å². The lowest BCUT2D eigenvalue weighted by Gasteiger charge is -2.51. The summed E-state index contributed by atoms with van der Waals surface area (Å²) in [5.74, 6) is 0.737. The second-order valence-electron chi connectivity index (χ2n) is 5.50. The van der Waals surface area contributed by atoms with E-state index in [-0.39, 0.29) is 16.7 Å². The second-order valence-corrected chi connectivity index (χ2v) is 6.61. The minimum Gasteiger partial charge on any atom is -0.490 e. The first-order valence-corrected chi connectivity index (χ1v) is 7.58. The van der Waals surface area contributed by atoms with Gasteiger partial charge in [-0.15, -0.1) is 0 Å². The minimum atomic E-state index is -0.389. The molecule has 1 spiro atoms. The first-order valence-electron chi connectivity index (χ1n) is 6.67. The van der Waals surface area contributed by atoms with Gasteiger partial charge in [0.1, 0.15) is 11.9 Å². The van der Waals surface area contributed by atoms with Gasteiger partial charge < -0.3 is 4.74 Å². The van der Waals surface area contributed by atoms with Gasteiger partial charge in [0, 0.05) is 22.4 Å². The Morgan fingerprint density at radius 1 is 1.26 bits per heavy atom. The van der Waals surface area contributed by atoms with Gasteiger partial charge in [-0.25, -0.2) is 0 Å². The molecule has 0 saturated heterocycles. The van der Waals surface area contributed by atoms with Crippen molar-refractivity contribution < 1.29 is 9.66 Å². The molecule has 1 aromatic rings. The van der Waals surface area contributed by atoms with E-state index >= 15 is 0 Å².